The van der Waals surface area contributed by atoms with Crippen LogP contribution in [0.25, 0.3) is 0 Å². The van der Waals surface area contributed by atoms with Gasteiger partial charge in [0.15, 0.2) is 7.38 Å². The van der Waals surface area contributed by atoms with Crippen molar-refractivity contribution in [3.63, 3.8) is 0 Å². The van der Waals surface area contributed by atoms with E-state index < -0.39 is 7.38 Å². The summed E-state index contributed by atoms with van der Waals surface area (Å²) in [6.07, 6.45) is 7.93. The lowest BCUT2D eigenvalue weighted by Crippen LogP contribution is -2.31. The van der Waals surface area contributed by atoms with Crippen LogP contribution in [0.3, 0.4) is 0 Å². The minimum atomic E-state index is -1.49. The van der Waals surface area contributed by atoms with Crippen LogP contribution in [0.2, 0.25) is 13.1 Å². The van der Waals surface area contributed by atoms with Gasteiger partial charge in [0, 0.05) is 4.87 Å². The van der Waals surface area contributed by atoms with E-state index >= 15 is 0 Å². The summed E-state index contributed by atoms with van der Waals surface area (Å²) in [4.78, 5) is 0.468. The standard InChI is InChI=1S/C10H23ClSSi/c1-4-5-6-7-8-9-10(12)13(2,3)11/h10,12H,4-9H2,1-3H3. The summed E-state index contributed by atoms with van der Waals surface area (Å²) in [7, 11) is -1.49. The van der Waals surface area contributed by atoms with Gasteiger partial charge in [-0.3, -0.25) is 0 Å². The summed E-state index contributed by atoms with van der Waals surface area (Å²) >= 11 is 10.9. The molecule has 0 spiro atoms. The molecule has 0 aromatic heterocycles. The molecule has 3 heteroatoms. The lowest BCUT2D eigenvalue weighted by Gasteiger charge is -2.21. The van der Waals surface area contributed by atoms with Gasteiger partial charge in [-0.25, -0.2) is 0 Å². The highest BCUT2D eigenvalue weighted by Gasteiger charge is 2.25. The fraction of sp³-hybridized carbons (Fsp3) is 1.00. The molecule has 0 aliphatic heterocycles. The summed E-state index contributed by atoms with van der Waals surface area (Å²) < 4.78 is 0. The van der Waals surface area contributed by atoms with Crippen molar-refractivity contribution in [3.05, 3.63) is 0 Å². The van der Waals surface area contributed by atoms with Crippen molar-refractivity contribution in [2.24, 2.45) is 0 Å². The number of rotatable bonds is 7. The molecule has 0 aliphatic carbocycles. The zero-order valence-corrected chi connectivity index (χ0v) is 11.8. The second-order valence-electron chi connectivity index (χ2n) is 4.28. The Morgan fingerprint density at radius 1 is 1.15 bits per heavy atom. The van der Waals surface area contributed by atoms with E-state index in [9.17, 15) is 0 Å². The van der Waals surface area contributed by atoms with Crippen LogP contribution >= 0.6 is 23.7 Å². The summed E-state index contributed by atoms with van der Waals surface area (Å²) in [6, 6.07) is 0. The number of thiol groups is 1. The van der Waals surface area contributed by atoms with Gasteiger partial charge in [-0.1, -0.05) is 52.1 Å². The molecule has 0 aromatic rings. The van der Waals surface area contributed by atoms with E-state index in [-0.39, 0.29) is 0 Å². The molecule has 0 saturated carbocycles. The van der Waals surface area contributed by atoms with Crippen molar-refractivity contribution >= 4 is 31.1 Å². The average Bonchev–Trinajstić information content (AvgIpc) is 2.02. The first-order valence-corrected chi connectivity index (χ1v) is 9.96. The van der Waals surface area contributed by atoms with Gasteiger partial charge in [0.05, 0.1) is 0 Å². The van der Waals surface area contributed by atoms with Crippen molar-refractivity contribution in [1.82, 2.24) is 0 Å². The van der Waals surface area contributed by atoms with Gasteiger partial charge in [-0.15, -0.1) is 0 Å². The van der Waals surface area contributed by atoms with Crippen LogP contribution in [0.4, 0.5) is 0 Å². The maximum Gasteiger partial charge on any atom is 0.162 e. The third-order valence-corrected chi connectivity index (χ3v) is 7.69. The van der Waals surface area contributed by atoms with Crippen molar-refractivity contribution in [3.8, 4) is 0 Å². The predicted octanol–water partition coefficient (Wildman–Crippen LogP) is 4.63. The molecule has 80 valence electrons. The van der Waals surface area contributed by atoms with Gasteiger partial charge in [0.1, 0.15) is 0 Å². The fourth-order valence-corrected chi connectivity index (χ4v) is 2.68. The molecule has 0 rings (SSSR count). The molecule has 0 bridgehead atoms. The van der Waals surface area contributed by atoms with E-state index in [1.807, 2.05) is 0 Å². The smallest absolute Gasteiger partial charge is 0.162 e. The van der Waals surface area contributed by atoms with Crippen LogP contribution in [0.1, 0.15) is 45.4 Å². The molecule has 0 amide bonds. The average molecular weight is 239 g/mol. The van der Waals surface area contributed by atoms with E-state index in [0.29, 0.717) is 4.87 Å². The molecule has 0 radical (unpaired) electrons. The largest absolute Gasteiger partial charge is 0.178 e. The van der Waals surface area contributed by atoms with Crippen molar-refractivity contribution in [2.45, 2.75) is 63.4 Å². The lowest BCUT2D eigenvalue weighted by atomic mass is 10.1. The molecule has 0 N–H and O–H groups in total. The zero-order valence-electron chi connectivity index (χ0n) is 9.15. The van der Waals surface area contributed by atoms with Crippen LogP contribution in [0.15, 0.2) is 0 Å². The zero-order chi connectivity index (χ0) is 10.3. The quantitative estimate of drug-likeness (QED) is 0.284. The Bertz CT molecular complexity index is 123. The maximum absolute atomic E-state index is 6.29. The third kappa shape index (κ3) is 7.89. The summed E-state index contributed by atoms with van der Waals surface area (Å²) in [5, 5.41) is 0. The number of hydrogen-bond donors (Lipinski definition) is 1. The van der Waals surface area contributed by atoms with Crippen molar-refractivity contribution in [1.29, 1.82) is 0 Å². The van der Waals surface area contributed by atoms with Gasteiger partial charge >= 0.3 is 0 Å². The molecule has 0 aliphatic rings. The Hall–Kier alpha value is 0.857. The molecule has 0 saturated heterocycles. The van der Waals surface area contributed by atoms with Gasteiger partial charge < -0.3 is 0 Å². The van der Waals surface area contributed by atoms with Gasteiger partial charge in [0.25, 0.3) is 0 Å². The topological polar surface area (TPSA) is 0 Å². The Kier molecular flexibility index (Phi) is 7.66. The minimum Gasteiger partial charge on any atom is -0.178 e. The van der Waals surface area contributed by atoms with E-state index in [1.54, 1.807) is 0 Å². The molecule has 13 heavy (non-hydrogen) atoms. The Morgan fingerprint density at radius 3 is 2.15 bits per heavy atom. The molecule has 0 heterocycles. The Balaban J connectivity index is 3.32. The maximum atomic E-state index is 6.29. The Morgan fingerprint density at radius 2 is 1.69 bits per heavy atom. The Labute approximate surface area is 94.6 Å². The normalized spacial score (nSPS) is 14.5. The van der Waals surface area contributed by atoms with Crippen molar-refractivity contribution in [2.75, 3.05) is 0 Å². The van der Waals surface area contributed by atoms with E-state index in [2.05, 4.69) is 32.6 Å². The summed E-state index contributed by atoms with van der Waals surface area (Å²) in [5.41, 5.74) is 0. The van der Waals surface area contributed by atoms with E-state index in [4.69, 9.17) is 11.1 Å². The second kappa shape index (κ2) is 7.19. The van der Waals surface area contributed by atoms with Crippen LogP contribution in [0, 0.1) is 0 Å². The highest BCUT2D eigenvalue weighted by Crippen LogP contribution is 2.23. The van der Waals surface area contributed by atoms with Crippen LogP contribution < -0.4 is 0 Å². The highest BCUT2D eigenvalue weighted by molar-refractivity contribution is 7.84. The van der Waals surface area contributed by atoms with Crippen LogP contribution in [-0.2, 0) is 0 Å². The SMILES string of the molecule is CCCCCCCC(S)[Si](C)(C)Cl. The minimum absolute atomic E-state index is 0.468. The molecule has 0 aromatic carbocycles. The first-order valence-electron chi connectivity index (χ1n) is 5.35. The predicted molar refractivity (Wildman–Crippen MR) is 69.5 cm³/mol. The second-order valence-corrected chi connectivity index (χ2v) is 12.1. The molecular weight excluding hydrogens is 216 g/mol. The van der Waals surface area contributed by atoms with Gasteiger partial charge in [-0.05, 0) is 6.42 Å². The van der Waals surface area contributed by atoms with Gasteiger partial charge in [-0.2, -0.15) is 23.7 Å². The fourth-order valence-electron chi connectivity index (χ4n) is 1.28. The van der Waals surface area contributed by atoms with Gasteiger partial charge in [0.2, 0.25) is 0 Å². The molecular formula is C10H23ClSSi. The van der Waals surface area contributed by atoms with Crippen molar-refractivity contribution < 1.29 is 0 Å². The first-order chi connectivity index (χ1) is 5.98. The number of hydrogen-bond acceptors (Lipinski definition) is 1. The molecule has 1 atom stereocenters. The van der Waals surface area contributed by atoms with E-state index in [0.717, 1.165) is 0 Å². The third-order valence-electron chi connectivity index (χ3n) is 2.37. The number of halogens is 1. The van der Waals surface area contributed by atoms with E-state index in [1.165, 1.54) is 38.5 Å². The van der Waals surface area contributed by atoms with Crippen LogP contribution in [-0.4, -0.2) is 12.3 Å². The molecule has 0 fully saturated rings. The first kappa shape index (κ1) is 13.9. The lowest BCUT2D eigenvalue weighted by molar-refractivity contribution is 0.620. The molecule has 0 nitrogen and oxygen atoms in total. The van der Waals surface area contributed by atoms with Crippen LogP contribution in [0.5, 0.6) is 0 Å². The summed E-state index contributed by atoms with van der Waals surface area (Å²) in [5.74, 6) is 0. The number of unbranched alkanes of at least 4 members (excludes halogenated alkanes) is 4. The monoisotopic (exact) mass is 238 g/mol. The highest BCUT2D eigenvalue weighted by atomic mass is 35.6. The molecule has 1 unspecified atom stereocenters. The summed E-state index contributed by atoms with van der Waals surface area (Å²) in [6.45, 7) is 6.60.